The Morgan fingerprint density at radius 2 is 1.78 bits per heavy atom. The number of benzene rings is 1. The maximum Gasteiger partial charge on any atom is 0.291 e. The highest BCUT2D eigenvalue weighted by Crippen LogP contribution is 2.27. The van der Waals surface area contributed by atoms with E-state index < -0.39 is 11.8 Å². The molecule has 1 aromatic heterocycles. The Morgan fingerprint density at radius 1 is 1.17 bits per heavy atom. The van der Waals surface area contributed by atoms with Crippen LogP contribution in [-0.2, 0) is 7.05 Å². The fraction of sp³-hybridized carbons (Fsp3) is 0.188. The predicted molar refractivity (Wildman–Crippen MR) is 82.4 cm³/mol. The average molecular weight is 310 g/mol. The van der Waals surface area contributed by atoms with Crippen molar-refractivity contribution >= 4 is 23.2 Å². The first kappa shape index (κ1) is 14.8. The van der Waals surface area contributed by atoms with Crippen molar-refractivity contribution in [2.45, 2.75) is 6.92 Å². The van der Waals surface area contributed by atoms with E-state index in [4.69, 9.17) is 0 Å². The fourth-order valence-corrected chi connectivity index (χ4v) is 2.52. The van der Waals surface area contributed by atoms with Crippen molar-refractivity contribution in [3.8, 4) is 0 Å². The molecule has 1 amide bonds. The third-order valence-electron chi connectivity index (χ3n) is 3.68. The number of Topliss-reactive ketones (excluding diaryl/α,β-unsaturated/α-hetero) is 2. The first-order valence-corrected chi connectivity index (χ1v) is 7.00. The summed E-state index contributed by atoms with van der Waals surface area (Å²) in [6.07, 6.45) is 1.63. The van der Waals surface area contributed by atoms with E-state index in [1.807, 2.05) is 0 Å². The highest BCUT2D eigenvalue weighted by molar-refractivity contribution is 6.36. The van der Waals surface area contributed by atoms with Crippen LogP contribution >= 0.6 is 0 Å². The molecule has 7 heteroatoms. The van der Waals surface area contributed by atoms with Gasteiger partial charge in [0.2, 0.25) is 0 Å². The number of fused-ring (bicyclic) bond motifs is 1. The number of carbonyl (C=O) groups excluding carboxylic acids is 3. The van der Waals surface area contributed by atoms with Gasteiger partial charge < -0.3 is 0 Å². The quantitative estimate of drug-likeness (QED) is 0.524. The Hall–Kier alpha value is -3.09. The van der Waals surface area contributed by atoms with Crippen LogP contribution in [0.4, 0.5) is 0 Å². The molecule has 1 aliphatic rings. The van der Waals surface area contributed by atoms with Gasteiger partial charge in [0.15, 0.2) is 17.3 Å². The summed E-state index contributed by atoms with van der Waals surface area (Å²) in [5.74, 6) is -2.06. The molecular weight excluding hydrogens is 296 g/mol. The predicted octanol–water partition coefficient (Wildman–Crippen LogP) is 1.22. The Bertz CT molecular complexity index is 816. The van der Waals surface area contributed by atoms with Gasteiger partial charge in [-0.15, -0.1) is 0 Å². The van der Waals surface area contributed by atoms with E-state index in [9.17, 15) is 14.4 Å². The minimum Gasteiger partial charge on any atom is -0.293 e. The van der Waals surface area contributed by atoms with Crippen molar-refractivity contribution in [1.29, 1.82) is 0 Å². The van der Waals surface area contributed by atoms with Crippen LogP contribution in [0.3, 0.4) is 0 Å². The number of rotatable bonds is 3. The topological polar surface area (TPSA) is 93.4 Å². The Kier molecular flexibility index (Phi) is 3.61. The third kappa shape index (κ3) is 2.57. The maximum absolute atomic E-state index is 12.3. The smallest absolute Gasteiger partial charge is 0.291 e. The van der Waals surface area contributed by atoms with Crippen LogP contribution in [0, 0.1) is 5.92 Å². The van der Waals surface area contributed by atoms with Crippen molar-refractivity contribution in [2.75, 3.05) is 0 Å². The summed E-state index contributed by atoms with van der Waals surface area (Å²) < 4.78 is 1.49. The minimum atomic E-state index is -0.976. The first-order chi connectivity index (χ1) is 11.0. The highest BCUT2D eigenvalue weighted by atomic mass is 16.2. The Balaban J connectivity index is 1.79. The Labute approximate surface area is 132 Å². The zero-order valence-corrected chi connectivity index (χ0v) is 12.6. The number of ketones is 2. The summed E-state index contributed by atoms with van der Waals surface area (Å²) in [6, 6.07) is 8.20. The van der Waals surface area contributed by atoms with E-state index in [0.717, 1.165) is 0 Å². The zero-order valence-electron chi connectivity index (χ0n) is 12.6. The van der Waals surface area contributed by atoms with Crippen LogP contribution in [0.15, 0.2) is 41.6 Å². The van der Waals surface area contributed by atoms with Gasteiger partial charge in [0.05, 0.1) is 5.71 Å². The van der Waals surface area contributed by atoms with E-state index >= 15 is 0 Å². The lowest BCUT2D eigenvalue weighted by molar-refractivity contribution is 0.0877. The number of amides is 1. The molecule has 0 fully saturated rings. The number of hydrazone groups is 1. The van der Waals surface area contributed by atoms with Crippen molar-refractivity contribution in [3.05, 3.63) is 53.3 Å². The molecule has 0 radical (unpaired) electrons. The molecule has 1 heterocycles. The molecule has 116 valence electrons. The lowest BCUT2D eigenvalue weighted by Crippen LogP contribution is -2.27. The van der Waals surface area contributed by atoms with Gasteiger partial charge in [-0.05, 0) is 13.0 Å². The molecular formula is C16H14N4O3. The molecule has 23 heavy (non-hydrogen) atoms. The van der Waals surface area contributed by atoms with Crippen molar-refractivity contribution in [1.82, 2.24) is 15.2 Å². The summed E-state index contributed by atoms with van der Waals surface area (Å²) in [5.41, 5.74) is 3.57. The molecule has 1 aromatic carbocycles. The van der Waals surface area contributed by atoms with Gasteiger partial charge in [-0.25, -0.2) is 5.43 Å². The second-order valence-corrected chi connectivity index (χ2v) is 5.28. The summed E-state index contributed by atoms with van der Waals surface area (Å²) in [6.45, 7) is 1.55. The number of nitrogens with one attached hydrogen (secondary N) is 1. The van der Waals surface area contributed by atoms with Gasteiger partial charge >= 0.3 is 0 Å². The lowest BCUT2D eigenvalue weighted by atomic mass is 9.99. The number of hydrogen-bond acceptors (Lipinski definition) is 5. The van der Waals surface area contributed by atoms with Gasteiger partial charge in [0.25, 0.3) is 5.91 Å². The van der Waals surface area contributed by atoms with Crippen molar-refractivity contribution < 1.29 is 14.4 Å². The van der Waals surface area contributed by atoms with Crippen LogP contribution in [0.1, 0.15) is 38.1 Å². The van der Waals surface area contributed by atoms with Crippen LogP contribution < -0.4 is 5.43 Å². The maximum atomic E-state index is 12.3. The van der Waals surface area contributed by atoms with Gasteiger partial charge in [0, 0.05) is 24.4 Å². The molecule has 3 rings (SSSR count). The van der Waals surface area contributed by atoms with Crippen LogP contribution in [0.25, 0.3) is 0 Å². The van der Waals surface area contributed by atoms with Gasteiger partial charge in [-0.3, -0.25) is 19.1 Å². The van der Waals surface area contributed by atoms with E-state index in [1.165, 1.54) is 4.68 Å². The fourth-order valence-electron chi connectivity index (χ4n) is 2.52. The Morgan fingerprint density at radius 3 is 2.30 bits per heavy atom. The molecule has 0 unspecified atom stereocenters. The largest absolute Gasteiger partial charge is 0.293 e. The van der Waals surface area contributed by atoms with Crippen molar-refractivity contribution in [2.24, 2.45) is 18.1 Å². The standard InChI is InChI=1S/C16H14N4O3/c1-9(17-18-16(23)12-7-8-20(2)19-12)13-14(21)10-5-3-4-6-11(10)15(13)22/h3-8,13H,1-2H3,(H,18,23). The normalized spacial score (nSPS) is 15.0. The molecule has 0 bridgehead atoms. The molecule has 7 nitrogen and oxygen atoms in total. The van der Waals surface area contributed by atoms with Crippen LogP contribution in [0.2, 0.25) is 0 Å². The SMILES string of the molecule is CC(=NNC(=O)c1ccn(C)n1)C1C(=O)c2ccccc2C1=O. The van der Waals surface area contributed by atoms with Crippen LogP contribution in [0.5, 0.6) is 0 Å². The van der Waals surface area contributed by atoms with Gasteiger partial charge in [0.1, 0.15) is 5.92 Å². The molecule has 0 saturated carbocycles. The third-order valence-corrected chi connectivity index (χ3v) is 3.68. The number of nitrogens with zero attached hydrogens (tertiary/aromatic N) is 3. The minimum absolute atomic E-state index is 0.205. The summed E-state index contributed by atoms with van der Waals surface area (Å²) in [5, 5.41) is 7.85. The second kappa shape index (κ2) is 5.60. The van der Waals surface area contributed by atoms with Gasteiger partial charge in [-0.2, -0.15) is 10.2 Å². The summed E-state index contributed by atoms with van der Waals surface area (Å²) in [4.78, 5) is 36.6. The highest BCUT2D eigenvalue weighted by Gasteiger charge is 2.40. The van der Waals surface area contributed by atoms with E-state index in [0.29, 0.717) is 11.1 Å². The molecule has 1 aliphatic carbocycles. The first-order valence-electron chi connectivity index (χ1n) is 7.00. The van der Waals surface area contributed by atoms with E-state index in [2.05, 4.69) is 15.6 Å². The number of aromatic nitrogens is 2. The number of carbonyl (C=O) groups is 3. The molecule has 2 aromatic rings. The molecule has 0 saturated heterocycles. The van der Waals surface area contributed by atoms with Gasteiger partial charge in [-0.1, -0.05) is 24.3 Å². The molecule has 1 N–H and O–H groups in total. The lowest BCUT2D eigenvalue weighted by Gasteiger charge is -2.06. The van der Waals surface area contributed by atoms with E-state index in [1.54, 1.807) is 50.5 Å². The molecule has 0 spiro atoms. The summed E-state index contributed by atoms with van der Waals surface area (Å²) in [7, 11) is 1.69. The summed E-state index contributed by atoms with van der Waals surface area (Å²) >= 11 is 0. The molecule has 0 atom stereocenters. The van der Waals surface area contributed by atoms with Crippen LogP contribution in [-0.4, -0.2) is 33.0 Å². The zero-order chi connectivity index (χ0) is 16.6. The average Bonchev–Trinajstić information content (AvgIpc) is 3.08. The molecule has 0 aliphatic heterocycles. The van der Waals surface area contributed by atoms with Crippen molar-refractivity contribution in [3.63, 3.8) is 0 Å². The number of aryl methyl sites for hydroxylation is 1. The second-order valence-electron chi connectivity index (χ2n) is 5.28. The monoisotopic (exact) mass is 310 g/mol. The van der Waals surface area contributed by atoms with E-state index in [-0.39, 0.29) is 23.0 Å². The number of hydrogen-bond donors (Lipinski definition) is 1.